The lowest BCUT2D eigenvalue weighted by atomic mass is 9.98. The van der Waals surface area contributed by atoms with Gasteiger partial charge in [0.05, 0.1) is 18.8 Å². The molecule has 0 aliphatic carbocycles. The number of rotatable bonds is 5. The maximum absolute atomic E-state index is 12.5. The second-order valence-electron chi connectivity index (χ2n) is 6.73. The number of sulfonamides is 1. The van der Waals surface area contributed by atoms with Crippen molar-refractivity contribution in [3.63, 3.8) is 0 Å². The van der Waals surface area contributed by atoms with E-state index in [2.05, 4.69) is 5.32 Å². The summed E-state index contributed by atoms with van der Waals surface area (Å²) in [6.45, 7) is 1.15. The Balaban J connectivity index is 1.66. The van der Waals surface area contributed by atoms with E-state index in [1.165, 1.54) is 10.6 Å². The fourth-order valence-corrected chi connectivity index (χ4v) is 5.13. The van der Waals surface area contributed by atoms with Crippen LogP contribution in [0.15, 0.2) is 16.8 Å². The largest absolute Gasteiger partial charge is 0.350 e. The average Bonchev–Trinajstić information content (AvgIpc) is 3.17. The summed E-state index contributed by atoms with van der Waals surface area (Å²) in [5.41, 5.74) is 1.03. The predicted molar refractivity (Wildman–Crippen MR) is 95.4 cm³/mol. The minimum absolute atomic E-state index is 0.0122. The van der Waals surface area contributed by atoms with Crippen LogP contribution in [0.25, 0.3) is 0 Å². The number of likely N-dealkylation sites (tertiary alicyclic amines) is 1. The molecule has 1 aromatic heterocycles. The normalized spacial score (nSPS) is 24.8. The average molecular weight is 386 g/mol. The third-order valence-corrected chi connectivity index (χ3v) is 6.88. The molecule has 3 rings (SSSR count). The summed E-state index contributed by atoms with van der Waals surface area (Å²) in [6.07, 6.45) is 3.17. The Morgan fingerprint density at radius 3 is 2.88 bits per heavy atom. The van der Waals surface area contributed by atoms with Gasteiger partial charge in [0.1, 0.15) is 0 Å². The Labute approximate surface area is 152 Å². The number of amides is 2. The fraction of sp³-hybridized carbons (Fsp3) is 0.625. The van der Waals surface area contributed by atoms with Gasteiger partial charge in [0.15, 0.2) is 0 Å². The number of carbonyl (C=O) groups excluding carboxylic acids is 2. The van der Waals surface area contributed by atoms with Gasteiger partial charge in [0.2, 0.25) is 21.8 Å². The molecule has 2 saturated heterocycles. The first-order chi connectivity index (χ1) is 11.8. The lowest BCUT2D eigenvalue weighted by molar-refractivity contribution is -0.138. The second-order valence-corrected chi connectivity index (χ2v) is 9.49. The maximum Gasteiger partial charge on any atom is 0.239 e. The first kappa shape index (κ1) is 18.3. The molecular weight excluding hydrogens is 362 g/mol. The maximum atomic E-state index is 12.5. The van der Waals surface area contributed by atoms with Crippen LogP contribution in [0.3, 0.4) is 0 Å². The Morgan fingerprint density at radius 2 is 2.20 bits per heavy atom. The smallest absolute Gasteiger partial charge is 0.239 e. The van der Waals surface area contributed by atoms with E-state index >= 15 is 0 Å². The zero-order valence-electron chi connectivity index (χ0n) is 14.2. The molecule has 0 aromatic carbocycles. The monoisotopic (exact) mass is 385 g/mol. The summed E-state index contributed by atoms with van der Waals surface area (Å²) in [7, 11) is -3.29. The molecule has 0 unspecified atom stereocenters. The van der Waals surface area contributed by atoms with Crippen molar-refractivity contribution in [1.82, 2.24) is 14.5 Å². The lowest BCUT2D eigenvalue weighted by Gasteiger charge is -2.29. The third kappa shape index (κ3) is 4.39. The van der Waals surface area contributed by atoms with Gasteiger partial charge >= 0.3 is 0 Å². The van der Waals surface area contributed by atoms with Crippen LogP contribution in [0.1, 0.15) is 24.8 Å². The molecule has 3 heterocycles. The predicted octanol–water partition coefficient (Wildman–Crippen LogP) is 0.637. The van der Waals surface area contributed by atoms with Crippen molar-refractivity contribution >= 4 is 33.2 Å². The Morgan fingerprint density at radius 1 is 1.40 bits per heavy atom. The van der Waals surface area contributed by atoms with Gasteiger partial charge in [-0.15, -0.1) is 0 Å². The first-order valence-corrected chi connectivity index (χ1v) is 11.2. The topological polar surface area (TPSA) is 86.8 Å². The molecule has 7 nitrogen and oxygen atoms in total. The third-order valence-electron chi connectivity index (χ3n) is 4.91. The Bertz CT molecular complexity index is 733. The number of hydrogen-bond acceptors (Lipinski definition) is 5. The first-order valence-electron chi connectivity index (χ1n) is 8.37. The summed E-state index contributed by atoms with van der Waals surface area (Å²) in [5.74, 6) is -0.169. The number of thiophene rings is 1. The van der Waals surface area contributed by atoms with E-state index in [1.807, 2.05) is 16.8 Å². The Kier molecular flexibility index (Phi) is 5.45. The van der Waals surface area contributed by atoms with Crippen LogP contribution < -0.4 is 5.32 Å². The van der Waals surface area contributed by atoms with E-state index in [9.17, 15) is 18.0 Å². The Hall–Kier alpha value is -1.45. The highest BCUT2D eigenvalue weighted by atomic mass is 32.2. The minimum atomic E-state index is -3.29. The van der Waals surface area contributed by atoms with Crippen molar-refractivity contribution in [3.05, 3.63) is 22.4 Å². The van der Waals surface area contributed by atoms with Gasteiger partial charge in [-0.05, 0) is 41.1 Å². The van der Waals surface area contributed by atoms with Gasteiger partial charge < -0.3 is 10.2 Å². The molecule has 138 valence electrons. The van der Waals surface area contributed by atoms with Crippen LogP contribution in [0.4, 0.5) is 0 Å². The summed E-state index contributed by atoms with van der Waals surface area (Å²) in [6, 6.07) is 1.73. The van der Waals surface area contributed by atoms with Crippen molar-refractivity contribution in [3.8, 4) is 0 Å². The summed E-state index contributed by atoms with van der Waals surface area (Å²) in [4.78, 5) is 26.3. The van der Waals surface area contributed by atoms with Gasteiger partial charge in [-0.3, -0.25) is 9.59 Å². The van der Waals surface area contributed by atoms with E-state index in [0.29, 0.717) is 19.5 Å². The number of fused-ring (bicyclic) bond motifs is 1. The summed E-state index contributed by atoms with van der Waals surface area (Å²) in [5, 5.41) is 6.75. The van der Waals surface area contributed by atoms with E-state index < -0.39 is 10.0 Å². The molecule has 25 heavy (non-hydrogen) atoms. The second kappa shape index (κ2) is 7.43. The van der Waals surface area contributed by atoms with Crippen LogP contribution in [0.5, 0.6) is 0 Å². The lowest BCUT2D eigenvalue weighted by Crippen LogP contribution is -2.48. The van der Waals surface area contributed by atoms with Gasteiger partial charge in [-0.2, -0.15) is 15.6 Å². The molecule has 0 radical (unpaired) electrons. The molecule has 2 fully saturated rings. The van der Waals surface area contributed by atoms with Crippen molar-refractivity contribution in [1.29, 1.82) is 0 Å². The number of nitrogens with zero attached hydrogens (tertiary/aromatic N) is 2. The van der Waals surface area contributed by atoms with Gasteiger partial charge in [0.25, 0.3) is 0 Å². The minimum Gasteiger partial charge on any atom is -0.350 e. The fourth-order valence-electron chi connectivity index (χ4n) is 3.58. The number of nitrogens with one attached hydrogen (secondary N) is 1. The van der Waals surface area contributed by atoms with Gasteiger partial charge in [-0.25, -0.2) is 8.42 Å². The standard InChI is InChI=1S/C16H23N3O4S2/c1-25(22,23)18-8-13-3-2-4-16(21)19(14(13)9-18)10-15(20)17-7-12-5-6-24-11-12/h5-6,11,13-14H,2-4,7-10H2,1H3,(H,17,20)/t13-,14+/m1/s1. The molecule has 2 aliphatic rings. The summed E-state index contributed by atoms with van der Waals surface area (Å²) >= 11 is 1.57. The molecule has 2 amide bonds. The van der Waals surface area contributed by atoms with E-state index in [1.54, 1.807) is 16.2 Å². The highest BCUT2D eigenvalue weighted by Crippen LogP contribution is 2.31. The van der Waals surface area contributed by atoms with Crippen molar-refractivity contribution in [2.75, 3.05) is 25.9 Å². The quantitative estimate of drug-likeness (QED) is 0.806. The van der Waals surface area contributed by atoms with Gasteiger partial charge in [0, 0.05) is 26.1 Å². The van der Waals surface area contributed by atoms with Crippen molar-refractivity contribution < 1.29 is 18.0 Å². The highest BCUT2D eigenvalue weighted by molar-refractivity contribution is 7.88. The molecule has 0 spiro atoms. The van der Waals surface area contributed by atoms with Crippen LogP contribution in [-0.4, -0.2) is 61.4 Å². The number of carbonyl (C=O) groups is 2. The molecular formula is C16H23N3O4S2. The van der Waals surface area contributed by atoms with Crippen LogP contribution in [0, 0.1) is 5.92 Å². The van der Waals surface area contributed by atoms with E-state index in [0.717, 1.165) is 18.4 Å². The van der Waals surface area contributed by atoms with Crippen molar-refractivity contribution in [2.45, 2.75) is 31.8 Å². The number of hydrogen-bond donors (Lipinski definition) is 1. The molecule has 2 aliphatic heterocycles. The highest BCUT2D eigenvalue weighted by Gasteiger charge is 2.43. The zero-order valence-corrected chi connectivity index (χ0v) is 15.8. The van der Waals surface area contributed by atoms with Crippen LogP contribution in [0.2, 0.25) is 0 Å². The molecule has 1 N–H and O–H groups in total. The molecule has 9 heteroatoms. The zero-order chi connectivity index (χ0) is 18.0. The van der Waals surface area contributed by atoms with E-state index in [4.69, 9.17) is 0 Å². The van der Waals surface area contributed by atoms with Crippen LogP contribution >= 0.6 is 11.3 Å². The molecule has 1 aromatic rings. The SMILES string of the molecule is CS(=O)(=O)N1C[C@H]2CCCC(=O)N(CC(=O)NCc3ccsc3)[C@H]2C1. The van der Waals surface area contributed by atoms with E-state index in [-0.39, 0.29) is 36.9 Å². The molecule has 0 saturated carbocycles. The summed E-state index contributed by atoms with van der Waals surface area (Å²) < 4.78 is 25.1. The van der Waals surface area contributed by atoms with Crippen LogP contribution in [-0.2, 0) is 26.2 Å². The van der Waals surface area contributed by atoms with Crippen molar-refractivity contribution in [2.24, 2.45) is 5.92 Å². The molecule has 2 atom stereocenters. The van der Waals surface area contributed by atoms with Gasteiger partial charge in [-0.1, -0.05) is 0 Å². The molecule has 0 bridgehead atoms.